The van der Waals surface area contributed by atoms with Crippen LogP contribution in [0.3, 0.4) is 0 Å². The summed E-state index contributed by atoms with van der Waals surface area (Å²) in [6.45, 7) is 8.28. The summed E-state index contributed by atoms with van der Waals surface area (Å²) in [6.07, 6.45) is 4.81. The zero-order valence-electron chi connectivity index (χ0n) is 17.3. The molecule has 9 heteroatoms. The summed E-state index contributed by atoms with van der Waals surface area (Å²) in [6, 6.07) is -0.0280. The maximum Gasteiger partial charge on any atom is 0.410 e. The molecular weight excluding hydrogens is 380 g/mol. The van der Waals surface area contributed by atoms with Crippen LogP contribution in [0.25, 0.3) is 0 Å². The molecule has 1 aromatic rings. The van der Waals surface area contributed by atoms with E-state index >= 15 is 0 Å². The fourth-order valence-corrected chi connectivity index (χ4v) is 5.52. The van der Waals surface area contributed by atoms with E-state index in [1.54, 1.807) is 11.1 Å². The molecular formula is C19H32N4O4S. The first kappa shape index (κ1) is 21.1. The first-order valence-corrected chi connectivity index (χ1v) is 11.8. The number of hydrogen-bond acceptors (Lipinski definition) is 6. The number of piperazine rings is 1. The molecule has 0 radical (unpaired) electrons. The molecule has 28 heavy (non-hydrogen) atoms. The number of hydrogen-bond donors (Lipinski definition) is 0. The van der Waals surface area contributed by atoms with Crippen molar-refractivity contribution in [1.82, 2.24) is 19.4 Å². The molecule has 1 aromatic heterocycles. The summed E-state index contributed by atoms with van der Waals surface area (Å²) < 4.78 is 31.0. The number of amides is 1. The smallest absolute Gasteiger partial charge is 0.410 e. The Bertz CT molecular complexity index is 785. The first-order chi connectivity index (χ1) is 13.0. The van der Waals surface area contributed by atoms with E-state index in [0.717, 1.165) is 18.9 Å². The normalized spacial score (nSPS) is 24.3. The lowest BCUT2D eigenvalue weighted by atomic mass is 10.00. The number of ether oxygens (including phenoxy) is 1. The molecule has 2 aliphatic rings. The molecule has 0 bridgehead atoms. The third-order valence-electron chi connectivity index (χ3n) is 5.47. The maximum atomic E-state index is 12.6. The Morgan fingerprint density at radius 2 is 1.93 bits per heavy atom. The second-order valence-electron chi connectivity index (χ2n) is 8.93. The van der Waals surface area contributed by atoms with Crippen LogP contribution < -0.4 is 0 Å². The van der Waals surface area contributed by atoms with Crippen molar-refractivity contribution in [2.45, 2.75) is 45.3 Å². The molecule has 3 rings (SSSR count). The van der Waals surface area contributed by atoms with Crippen molar-refractivity contribution in [2.75, 3.05) is 37.7 Å². The van der Waals surface area contributed by atoms with Crippen LogP contribution in [0.5, 0.6) is 0 Å². The minimum Gasteiger partial charge on any atom is -0.444 e. The van der Waals surface area contributed by atoms with Crippen molar-refractivity contribution in [3.63, 3.8) is 0 Å². The van der Waals surface area contributed by atoms with E-state index in [2.05, 4.69) is 9.88 Å². The highest BCUT2D eigenvalue weighted by Crippen LogP contribution is 2.29. The van der Waals surface area contributed by atoms with Gasteiger partial charge in [-0.3, -0.25) is 4.90 Å². The van der Waals surface area contributed by atoms with Crippen LogP contribution in [-0.2, 0) is 21.6 Å². The summed E-state index contributed by atoms with van der Waals surface area (Å²) in [4.78, 5) is 21.2. The summed E-state index contributed by atoms with van der Waals surface area (Å²) in [5.74, 6) is 1.83. The highest BCUT2D eigenvalue weighted by Gasteiger charge is 2.36. The number of imidazole rings is 1. The van der Waals surface area contributed by atoms with Crippen molar-refractivity contribution in [1.29, 1.82) is 0 Å². The second kappa shape index (κ2) is 8.02. The van der Waals surface area contributed by atoms with Gasteiger partial charge in [0, 0.05) is 45.6 Å². The van der Waals surface area contributed by atoms with Gasteiger partial charge in [-0.1, -0.05) is 0 Å². The Labute approximate surface area is 167 Å². The lowest BCUT2D eigenvalue weighted by Gasteiger charge is -2.42. The van der Waals surface area contributed by atoms with Crippen LogP contribution in [0, 0.1) is 5.92 Å². The molecule has 3 heterocycles. The van der Waals surface area contributed by atoms with E-state index in [9.17, 15) is 13.2 Å². The van der Waals surface area contributed by atoms with Crippen LogP contribution in [0.15, 0.2) is 12.4 Å². The second-order valence-corrected chi connectivity index (χ2v) is 11.2. The van der Waals surface area contributed by atoms with Crippen molar-refractivity contribution in [2.24, 2.45) is 13.0 Å². The molecule has 0 saturated carbocycles. The minimum atomic E-state index is -2.86. The number of carbonyl (C=O) groups is 1. The monoisotopic (exact) mass is 412 g/mol. The Hall–Kier alpha value is -1.61. The van der Waals surface area contributed by atoms with Gasteiger partial charge in [-0.2, -0.15) is 0 Å². The molecule has 158 valence electrons. The van der Waals surface area contributed by atoms with Gasteiger partial charge in [0.1, 0.15) is 21.3 Å². The van der Waals surface area contributed by atoms with Crippen LogP contribution in [0.2, 0.25) is 0 Å². The van der Waals surface area contributed by atoms with Gasteiger partial charge in [-0.25, -0.2) is 18.2 Å². The van der Waals surface area contributed by atoms with E-state index in [-0.39, 0.29) is 23.6 Å². The molecule has 2 fully saturated rings. The van der Waals surface area contributed by atoms with Crippen molar-refractivity contribution in [3.05, 3.63) is 18.2 Å². The summed E-state index contributed by atoms with van der Waals surface area (Å²) in [5, 5.41) is 0. The fraction of sp³-hybridized carbons (Fsp3) is 0.789. The molecule has 2 aliphatic heterocycles. The van der Waals surface area contributed by atoms with Crippen LogP contribution in [-0.4, -0.2) is 77.1 Å². The number of aryl methyl sites for hydroxylation is 1. The third-order valence-corrected chi connectivity index (χ3v) is 7.18. The number of sulfone groups is 1. The Kier molecular flexibility index (Phi) is 6.05. The van der Waals surface area contributed by atoms with E-state index in [1.807, 2.05) is 38.6 Å². The minimum absolute atomic E-state index is 0.0280. The Morgan fingerprint density at radius 3 is 2.50 bits per heavy atom. The van der Waals surface area contributed by atoms with Crippen LogP contribution in [0.4, 0.5) is 4.79 Å². The standard InChI is InChI=1S/C19H32N4O4S/c1-19(2,3)27-18(24)23-10-9-22(13-15-5-11-28(25,26)12-6-15)16(14-23)17-20-7-8-21(17)4/h7-8,15-16H,5-6,9-14H2,1-4H3. The average molecular weight is 413 g/mol. The zero-order valence-corrected chi connectivity index (χ0v) is 18.1. The number of nitrogens with zero attached hydrogens (tertiary/aromatic N) is 4. The van der Waals surface area contributed by atoms with E-state index in [1.165, 1.54) is 0 Å². The third kappa shape index (κ3) is 5.26. The lowest BCUT2D eigenvalue weighted by molar-refractivity contribution is -0.000872. The summed E-state index contributed by atoms with van der Waals surface area (Å²) in [7, 11) is -0.903. The molecule has 8 nitrogen and oxygen atoms in total. The van der Waals surface area contributed by atoms with Gasteiger partial charge in [-0.15, -0.1) is 0 Å². The highest BCUT2D eigenvalue weighted by molar-refractivity contribution is 7.91. The van der Waals surface area contributed by atoms with Gasteiger partial charge in [-0.05, 0) is 39.5 Å². The highest BCUT2D eigenvalue weighted by atomic mass is 32.2. The number of rotatable bonds is 3. The molecule has 1 amide bonds. The van der Waals surface area contributed by atoms with Crippen LogP contribution >= 0.6 is 0 Å². The molecule has 0 aromatic carbocycles. The van der Waals surface area contributed by atoms with Gasteiger partial charge >= 0.3 is 6.09 Å². The van der Waals surface area contributed by atoms with Gasteiger partial charge < -0.3 is 14.2 Å². The fourth-order valence-electron chi connectivity index (χ4n) is 3.93. The number of aromatic nitrogens is 2. The molecule has 0 spiro atoms. The molecule has 0 N–H and O–H groups in total. The van der Waals surface area contributed by atoms with Crippen molar-refractivity contribution < 1.29 is 17.9 Å². The lowest BCUT2D eigenvalue weighted by Crippen LogP contribution is -2.53. The predicted octanol–water partition coefficient (Wildman–Crippen LogP) is 1.84. The molecule has 2 saturated heterocycles. The van der Waals surface area contributed by atoms with Crippen molar-refractivity contribution in [3.8, 4) is 0 Å². The quantitative estimate of drug-likeness (QED) is 0.753. The molecule has 1 unspecified atom stereocenters. The van der Waals surface area contributed by atoms with E-state index in [4.69, 9.17) is 4.74 Å². The average Bonchev–Trinajstić information content (AvgIpc) is 3.01. The maximum absolute atomic E-state index is 12.6. The largest absolute Gasteiger partial charge is 0.444 e. The first-order valence-electron chi connectivity index (χ1n) is 9.94. The van der Waals surface area contributed by atoms with E-state index in [0.29, 0.717) is 31.8 Å². The predicted molar refractivity (Wildman–Crippen MR) is 107 cm³/mol. The van der Waals surface area contributed by atoms with Crippen molar-refractivity contribution >= 4 is 15.9 Å². The summed E-state index contributed by atoms with van der Waals surface area (Å²) >= 11 is 0. The topological polar surface area (TPSA) is 84.7 Å². The Balaban J connectivity index is 1.72. The van der Waals surface area contributed by atoms with Gasteiger partial charge in [0.05, 0.1) is 17.5 Å². The van der Waals surface area contributed by atoms with Gasteiger partial charge in [0.15, 0.2) is 0 Å². The molecule has 1 atom stereocenters. The van der Waals surface area contributed by atoms with Gasteiger partial charge in [0.2, 0.25) is 0 Å². The van der Waals surface area contributed by atoms with E-state index < -0.39 is 15.4 Å². The number of carbonyl (C=O) groups excluding carboxylic acids is 1. The van der Waals surface area contributed by atoms with Crippen LogP contribution in [0.1, 0.15) is 45.5 Å². The zero-order chi connectivity index (χ0) is 20.5. The molecule has 0 aliphatic carbocycles. The Morgan fingerprint density at radius 1 is 1.25 bits per heavy atom. The van der Waals surface area contributed by atoms with Gasteiger partial charge in [0.25, 0.3) is 0 Å². The SMILES string of the molecule is Cn1ccnc1C1CN(C(=O)OC(C)(C)C)CCN1CC1CCS(=O)(=O)CC1. The summed E-state index contributed by atoms with van der Waals surface area (Å²) in [5.41, 5.74) is -0.527.